The third-order valence-electron chi connectivity index (χ3n) is 4.84. The normalized spacial score (nSPS) is 15.9. The van der Waals surface area contributed by atoms with Crippen molar-refractivity contribution in [2.75, 3.05) is 0 Å². The summed E-state index contributed by atoms with van der Waals surface area (Å²) in [4.78, 5) is 5.56. The quantitative estimate of drug-likeness (QED) is 0.411. The Morgan fingerprint density at radius 2 is 0.778 bits per heavy atom. The lowest BCUT2D eigenvalue weighted by molar-refractivity contribution is 0.467. The summed E-state index contributed by atoms with van der Waals surface area (Å²) in [6.07, 6.45) is 0. The first-order valence-electron chi connectivity index (χ1n) is 8.95. The van der Waals surface area contributed by atoms with Crippen molar-refractivity contribution in [3.63, 3.8) is 0 Å². The van der Waals surface area contributed by atoms with Gasteiger partial charge in [0.1, 0.15) is 0 Å². The van der Waals surface area contributed by atoms with E-state index >= 15 is 0 Å². The van der Waals surface area contributed by atoms with Crippen LogP contribution in [-0.4, -0.2) is 0 Å². The third kappa shape index (κ3) is 3.06. The minimum Gasteiger partial charge on any atom is -0.217 e. The summed E-state index contributed by atoms with van der Waals surface area (Å²) in [6, 6.07) is 38.2. The molecule has 4 aromatic carbocycles. The van der Waals surface area contributed by atoms with E-state index in [1.54, 1.807) is 0 Å². The summed E-state index contributed by atoms with van der Waals surface area (Å²) in [7, 11) is -1.54. The zero-order valence-corrected chi connectivity index (χ0v) is 15.5. The Hall–Kier alpha value is -2.85. The van der Waals surface area contributed by atoms with Gasteiger partial charge in [-0.1, -0.05) is 84.9 Å². The third-order valence-corrected chi connectivity index (χ3v) is 7.21. The van der Waals surface area contributed by atoms with Crippen molar-refractivity contribution in [3.05, 3.63) is 109 Å². The molecule has 1 aliphatic rings. The Morgan fingerprint density at radius 3 is 1.11 bits per heavy atom. The van der Waals surface area contributed by atoms with E-state index in [1.165, 1.54) is 32.0 Å². The van der Waals surface area contributed by atoms with Crippen LogP contribution in [0.5, 0.6) is 0 Å². The van der Waals surface area contributed by atoms with Crippen LogP contribution >= 0.6 is 10.5 Å². The van der Waals surface area contributed by atoms with Gasteiger partial charge in [-0.2, -0.15) is 0 Å². The molecule has 1 saturated heterocycles. The standard InChI is InChI=1S/C24H19NOS/c1-3-7-19(8-4-1)21-11-15-23(16-12-21)27(25-26-27)24-17-13-22(14-18-24)20-9-5-2-6-10-20/h1-18,25H. The van der Waals surface area contributed by atoms with Gasteiger partial charge in [0.05, 0.1) is 0 Å². The highest BCUT2D eigenvalue weighted by atomic mass is 32.3. The molecule has 0 aromatic heterocycles. The molecule has 0 atom stereocenters. The van der Waals surface area contributed by atoms with Crippen LogP contribution in [-0.2, 0) is 4.28 Å². The molecule has 132 valence electrons. The molecule has 4 aromatic rings. The van der Waals surface area contributed by atoms with E-state index in [1.807, 2.05) is 12.1 Å². The van der Waals surface area contributed by atoms with Gasteiger partial charge in [0.15, 0.2) is 0 Å². The minimum atomic E-state index is -1.54. The van der Waals surface area contributed by atoms with Gasteiger partial charge in [0.25, 0.3) is 0 Å². The maximum atomic E-state index is 5.79. The fourth-order valence-corrected chi connectivity index (χ4v) is 5.27. The van der Waals surface area contributed by atoms with Crippen molar-refractivity contribution in [3.8, 4) is 22.3 Å². The molecule has 1 aliphatic heterocycles. The zero-order valence-electron chi connectivity index (χ0n) is 14.7. The Bertz CT molecular complexity index is 956. The predicted octanol–water partition coefficient (Wildman–Crippen LogP) is 6.61. The largest absolute Gasteiger partial charge is 0.217 e. The number of hydrogen-bond donors (Lipinski definition) is 1. The van der Waals surface area contributed by atoms with Crippen LogP contribution < -0.4 is 4.89 Å². The van der Waals surface area contributed by atoms with Crippen LogP contribution in [0.4, 0.5) is 0 Å². The van der Waals surface area contributed by atoms with Crippen molar-refractivity contribution in [2.45, 2.75) is 9.79 Å². The van der Waals surface area contributed by atoms with Crippen molar-refractivity contribution in [1.29, 1.82) is 0 Å². The fourth-order valence-electron chi connectivity index (χ4n) is 3.30. The van der Waals surface area contributed by atoms with Gasteiger partial charge < -0.3 is 0 Å². The number of rotatable bonds is 4. The Balaban J connectivity index is 1.43. The molecule has 1 fully saturated rings. The zero-order chi connectivity index (χ0) is 18.1. The smallest absolute Gasteiger partial charge is 0.0346 e. The summed E-state index contributed by atoms with van der Waals surface area (Å²) in [6.45, 7) is 0. The van der Waals surface area contributed by atoms with Crippen molar-refractivity contribution in [2.24, 2.45) is 0 Å². The van der Waals surface area contributed by atoms with Gasteiger partial charge in [-0.15, -0.1) is 4.89 Å². The Morgan fingerprint density at radius 1 is 0.444 bits per heavy atom. The molecule has 0 saturated carbocycles. The van der Waals surface area contributed by atoms with E-state index < -0.39 is 10.5 Å². The van der Waals surface area contributed by atoms with Crippen LogP contribution in [0.25, 0.3) is 22.3 Å². The predicted molar refractivity (Wildman–Crippen MR) is 112 cm³/mol. The molecule has 0 amide bonds. The summed E-state index contributed by atoms with van der Waals surface area (Å²) >= 11 is 0. The second-order valence-corrected chi connectivity index (χ2v) is 8.89. The SMILES string of the molecule is c1ccc(-c2ccc(S3(c4ccc(-c5ccccc5)cc4)NO3)cc2)cc1. The topological polar surface area (TPSA) is 34.5 Å². The van der Waals surface area contributed by atoms with Gasteiger partial charge in [0, 0.05) is 20.3 Å². The highest BCUT2D eigenvalue weighted by Gasteiger charge is 2.43. The van der Waals surface area contributed by atoms with E-state index in [0.29, 0.717) is 0 Å². The van der Waals surface area contributed by atoms with E-state index in [-0.39, 0.29) is 0 Å². The molecule has 5 rings (SSSR count). The molecule has 0 unspecified atom stereocenters. The molecule has 0 spiro atoms. The van der Waals surface area contributed by atoms with Crippen molar-refractivity contribution in [1.82, 2.24) is 4.89 Å². The van der Waals surface area contributed by atoms with Gasteiger partial charge >= 0.3 is 0 Å². The maximum Gasteiger partial charge on any atom is 0.0346 e. The van der Waals surface area contributed by atoms with E-state index in [0.717, 1.165) is 0 Å². The summed E-state index contributed by atoms with van der Waals surface area (Å²) in [5, 5.41) is 0. The number of hydrogen-bond acceptors (Lipinski definition) is 2. The lowest BCUT2D eigenvalue weighted by atomic mass is 10.1. The average Bonchev–Trinajstić information content (AvgIpc) is 3.57. The van der Waals surface area contributed by atoms with Crippen LogP contribution in [0.15, 0.2) is 119 Å². The summed E-state index contributed by atoms with van der Waals surface area (Å²) in [5.41, 5.74) is 4.89. The molecule has 3 heteroatoms. The van der Waals surface area contributed by atoms with Crippen LogP contribution in [0.1, 0.15) is 0 Å². The molecule has 1 N–H and O–H groups in total. The molecule has 1 heterocycles. The highest BCUT2D eigenvalue weighted by molar-refractivity contribution is 8.32. The molecule has 0 aliphatic carbocycles. The Kier molecular flexibility index (Phi) is 4.06. The molecule has 2 nitrogen and oxygen atoms in total. The first-order chi connectivity index (χ1) is 13.4. The second-order valence-electron chi connectivity index (χ2n) is 6.50. The van der Waals surface area contributed by atoms with Gasteiger partial charge in [-0.3, -0.25) is 0 Å². The fraction of sp³-hybridized carbons (Fsp3) is 0. The van der Waals surface area contributed by atoms with Crippen molar-refractivity contribution < 1.29 is 4.28 Å². The molecular weight excluding hydrogens is 350 g/mol. The molecule has 27 heavy (non-hydrogen) atoms. The van der Waals surface area contributed by atoms with Gasteiger partial charge in [-0.05, 0) is 46.5 Å². The van der Waals surface area contributed by atoms with E-state index in [2.05, 4.69) is 102 Å². The Labute approximate surface area is 161 Å². The highest BCUT2D eigenvalue weighted by Crippen LogP contribution is 2.69. The number of benzene rings is 4. The maximum absolute atomic E-state index is 5.79. The lowest BCUT2D eigenvalue weighted by Gasteiger charge is -2.16. The van der Waals surface area contributed by atoms with Gasteiger partial charge in [0.2, 0.25) is 0 Å². The molecule has 0 bridgehead atoms. The van der Waals surface area contributed by atoms with Gasteiger partial charge in [-0.25, -0.2) is 4.28 Å². The molecule has 0 radical (unpaired) electrons. The van der Waals surface area contributed by atoms with E-state index in [9.17, 15) is 0 Å². The van der Waals surface area contributed by atoms with Crippen LogP contribution in [0, 0.1) is 0 Å². The average molecular weight is 369 g/mol. The molecular formula is C24H19NOS. The lowest BCUT2D eigenvalue weighted by Crippen LogP contribution is -1.90. The summed E-state index contributed by atoms with van der Waals surface area (Å²) in [5.74, 6) is 0. The van der Waals surface area contributed by atoms with E-state index in [4.69, 9.17) is 4.28 Å². The number of nitrogens with one attached hydrogen (secondary N) is 1. The first-order valence-corrected chi connectivity index (χ1v) is 10.5. The van der Waals surface area contributed by atoms with Crippen molar-refractivity contribution >= 4 is 10.5 Å². The second kappa shape index (κ2) is 6.71. The summed E-state index contributed by atoms with van der Waals surface area (Å²) < 4.78 is 5.79. The minimum absolute atomic E-state index is 1.19. The van der Waals surface area contributed by atoms with Crippen LogP contribution in [0.2, 0.25) is 0 Å². The monoisotopic (exact) mass is 369 g/mol. The van der Waals surface area contributed by atoms with Crippen LogP contribution in [0.3, 0.4) is 0 Å². The first kappa shape index (κ1) is 16.3.